The fourth-order valence-electron chi connectivity index (χ4n) is 1.72. The Morgan fingerprint density at radius 1 is 1.71 bits per heavy atom. The number of rotatable bonds is 1. The molecule has 14 heavy (non-hydrogen) atoms. The second kappa shape index (κ2) is 2.71. The van der Waals surface area contributed by atoms with Crippen LogP contribution in [0.3, 0.4) is 0 Å². The molecule has 0 saturated carbocycles. The standard InChI is InChI=1S/C8H10N2O4/c1-3-6(8(12)13)10-4(2-14-3)5(9)7(10)11/h4-5H,2,9H2,1H3,(H,12,13)/t4-,5+/m1/s1. The number of hydrogen-bond donors (Lipinski definition) is 2. The van der Waals surface area contributed by atoms with Gasteiger partial charge in [-0.3, -0.25) is 9.69 Å². The average Bonchev–Trinajstić information content (AvgIpc) is 2.15. The van der Waals surface area contributed by atoms with E-state index in [1.165, 1.54) is 11.8 Å². The maximum Gasteiger partial charge on any atom is 0.356 e. The molecule has 2 heterocycles. The molecule has 1 saturated heterocycles. The van der Waals surface area contributed by atoms with Crippen molar-refractivity contribution in [2.75, 3.05) is 6.61 Å². The molecular formula is C8H10N2O4. The number of amides is 1. The summed E-state index contributed by atoms with van der Waals surface area (Å²) in [5.41, 5.74) is 5.41. The number of nitrogens with zero attached hydrogens (tertiary/aromatic N) is 1. The van der Waals surface area contributed by atoms with Crippen molar-refractivity contribution >= 4 is 11.9 Å². The summed E-state index contributed by atoms with van der Waals surface area (Å²) < 4.78 is 5.13. The van der Waals surface area contributed by atoms with Gasteiger partial charge in [-0.2, -0.15) is 0 Å². The Balaban J connectivity index is 2.37. The van der Waals surface area contributed by atoms with Crippen LogP contribution in [0.1, 0.15) is 6.92 Å². The summed E-state index contributed by atoms with van der Waals surface area (Å²) in [4.78, 5) is 23.3. The van der Waals surface area contributed by atoms with Gasteiger partial charge in [0.2, 0.25) is 5.91 Å². The van der Waals surface area contributed by atoms with Crippen molar-refractivity contribution in [1.29, 1.82) is 0 Å². The lowest BCUT2D eigenvalue weighted by Gasteiger charge is -2.47. The second-order valence-corrected chi connectivity index (χ2v) is 3.32. The lowest BCUT2D eigenvalue weighted by atomic mass is 9.94. The predicted molar refractivity (Wildman–Crippen MR) is 44.9 cm³/mol. The van der Waals surface area contributed by atoms with Crippen LogP contribution in [0, 0.1) is 0 Å². The molecule has 0 unspecified atom stereocenters. The normalized spacial score (nSPS) is 30.7. The van der Waals surface area contributed by atoms with Crippen LogP contribution in [0.15, 0.2) is 11.5 Å². The van der Waals surface area contributed by atoms with Gasteiger partial charge in [-0.05, 0) is 6.92 Å². The highest BCUT2D eigenvalue weighted by atomic mass is 16.5. The summed E-state index contributed by atoms with van der Waals surface area (Å²) in [5, 5.41) is 8.86. The van der Waals surface area contributed by atoms with Gasteiger partial charge in [-0.15, -0.1) is 0 Å². The Kier molecular flexibility index (Phi) is 1.75. The van der Waals surface area contributed by atoms with Gasteiger partial charge in [-0.25, -0.2) is 4.79 Å². The van der Waals surface area contributed by atoms with Crippen molar-refractivity contribution in [3.8, 4) is 0 Å². The first-order chi connectivity index (χ1) is 6.54. The minimum absolute atomic E-state index is 0.0899. The number of carboxylic acids is 1. The molecular weight excluding hydrogens is 188 g/mol. The molecule has 1 amide bonds. The first-order valence-electron chi connectivity index (χ1n) is 4.19. The summed E-state index contributed by atoms with van der Waals surface area (Å²) >= 11 is 0. The number of nitrogens with two attached hydrogens (primary N) is 1. The average molecular weight is 198 g/mol. The molecule has 0 aromatic heterocycles. The molecule has 2 atom stereocenters. The zero-order valence-corrected chi connectivity index (χ0v) is 7.56. The van der Waals surface area contributed by atoms with E-state index in [2.05, 4.69) is 0 Å². The number of carbonyl (C=O) groups is 2. The van der Waals surface area contributed by atoms with Gasteiger partial charge >= 0.3 is 5.97 Å². The van der Waals surface area contributed by atoms with E-state index >= 15 is 0 Å². The maximum absolute atomic E-state index is 11.3. The van der Waals surface area contributed by atoms with E-state index < -0.39 is 12.0 Å². The van der Waals surface area contributed by atoms with Crippen LogP contribution in [0.2, 0.25) is 0 Å². The SMILES string of the molecule is CC1=C(C(=O)O)N2C(=O)[C@@H](N)[C@H]2CO1. The van der Waals surface area contributed by atoms with Gasteiger partial charge in [-0.1, -0.05) is 0 Å². The number of carboxylic acid groups (broad SMARTS) is 1. The Bertz CT molecular complexity index is 349. The number of β-lactam (4-membered cyclic amide) rings is 1. The van der Waals surface area contributed by atoms with Crippen LogP contribution in [-0.4, -0.2) is 40.6 Å². The van der Waals surface area contributed by atoms with Crippen molar-refractivity contribution in [3.63, 3.8) is 0 Å². The summed E-state index contributed by atoms with van der Waals surface area (Å²) in [6.45, 7) is 1.80. The number of allylic oxidation sites excluding steroid dienone is 1. The highest BCUT2D eigenvalue weighted by Gasteiger charge is 2.51. The Morgan fingerprint density at radius 2 is 2.36 bits per heavy atom. The molecule has 0 aromatic rings. The van der Waals surface area contributed by atoms with E-state index in [0.29, 0.717) is 0 Å². The molecule has 2 aliphatic rings. The summed E-state index contributed by atoms with van der Waals surface area (Å²) in [5.74, 6) is -1.25. The van der Waals surface area contributed by atoms with E-state index in [-0.39, 0.29) is 30.0 Å². The third-order valence-corrected chi connectivity index (χ3v) is 2.52. The van der Waals surface area contributed by atoms with Gasteiger partial charge in [0.15, 0.2) is 5.70 Å². The zero-order valence-electron chi connectivity index (χ0n) is 7.56. The van der Waals surface area contributed by atoms with Crippen LogP contribution in [0.5, 0.6) is 0 Å². The number of fused-ring (bicyclic) bond motifs is 1. The van der Waals surface area contributed by atoms with Crippen molar-refractivity contribution in [2.45, 2.75) is 19.0 Å². The van der Waals surface area contributed by atoms with Crippen LogP contribution >= 0.6 is 0 Å². The third kappa shape index (κ3) is 0.941. The highest BCUT2D eigenvalue weighted by molar-refractivity contribution is 5.99. The molecule has 2 aliphatic heterocycles. The van der Waals surface area contributed by atoms with Crippen LogP contribution in [0.4, 0.5) is 0 Å². The molecule has 0 radical (unpaired) electrons. The molecule has 1 fully saturated rings. The van der Waals surface area contributed by atoms with E-state index in [1.807, 2.05) is 0 Å². The maximum atomic E-state index is 11.3. The minimum Gasteiger partial charge on any atom is -0.494 e. The van der Waals surface area contributed by atoms with Crippen molar-refractivity contribution in [2.24, 2.45) is 5.73 Å². The zero-order chi connectivity index (χ0) is 10.5. The van der Waals surface area contributed by atoms with E-state index in [4.69, 9.17) is 15.6 Å². The fraction of sp³-hybridized carbons (Fsp3) is 0.500. The monoisotopic (exact) mass is 198 g/mol. The van der Waals surface area contributed by atoms with E-state index in [9.17, 15) is 9.59 Å². The Morgan fingerprint density at radius 3 is 2.93 bits per heavy atom. The highest BCUT2D eigenvalue weighted by Crippen LogP contribution is 2.31. The molecule has 0 spiro atoms. The van der Waals surface area contributed by atoms with Crippen LogP contribution < -0.4 is 5.73 Å². The van der Waals surface area contributed by atoms with Crippen molar-refractivity contribution < 1.29 is 19.4 Å². The van der Waals surface area contributed by atoms with Gasteiger partial charge in [0.25, 0.3) is 0 Å². The van der Waals surface area contributed by atoms with Crippen LogP contribution in [0.25, 0.3) is 0 Å². The van der Waals surface area contributed by atoms with Crippen molar-refractivity contribution in [1.82, 2.24) is 4.90 Å². The molecule has 2 rings (SSSR count). The number of hydrogen-bond acceptors (Lipinski definition) is 4. The topological polar surface area (TPSA) is 92.9 Å². The van der Waals surface area contributed by atoms with Crippen LogP contribution in [-0.2, 0) is 14.3 Å². The molecule has 3 N–H and O–H groups in total. The molecule has 0 bridgehead atoms. The third-order valence-electron chi connectivity index (χ3n) is 2.52. The van der Waals surface area contributed by atoms with E-state index in [1.54, 1.807) is 0 Å². The first-order valence-corrected chi connectivity index (χ1v) is 4.19. The van der Waals surface area contributed by atoms with Gasteiger partial charge in [0.1, 0.15) is 18.4 Å². The second-order valence-electron chi connectivity index (χ2n) is 3.32. The van der Waals surface area contributed by atoms with E-state index in [0.717, 1.165) is 0 Å². The van der Waals surface area contributed by atoms with Gasteiger partial charge in [0.05, 0.1) is 6.04 Å². The molecule has 0 aromatic carbocycles. The lowest BCUT2D eigenvalue weighted by molar-refractivity contribution is -0.157. The number of carbonyl (C=O) groups excluding carboxylic acids is 1. The summed E-state index contributed by atoms with van der Waals surface area (Å²) in [6.07, 6.45) is 0. The first kappa shape index (κ1) is 9.01. The number of ether oxygens (including phenoxy) is 1. The largest absolute Gasteiger partial charge is 0.494 e. The quantitative estimate of drug-likeness (QED) is 0.520. The molecule has 0 aliphatic carbocycles. The molecule has 6 nitrogen and oxygen atoms in total. The Labute approximate surface area is 79.9 Å². The number of aliphatic carboxylic acids is 1. The molecule has 76 valence electrons. The minimum atomic E-state index is -1.16. The molecule has 6 heteroatoms. The smallest absolute Gasteiger partial charge is 0.356 e. The summed E-state index contributed by atoms with van der Waals surface area (Å²) in [7, 11) is 0. The summed E-state index contributed by atoms with van der Waals surface area (Å²) in [6, 6.07) is -0.949. The lowest BCUT2D eigenvalue weighted by Crippen LogP contribution is -2.71. The Hall–Kier alpha value is -1.56. The predicted octanol–water partition coefficient (Wildman–Crippen LogP) is -1.13. The van der Waals surface area contributed by atoms with Gasteiger partial charge in [0, 0.05) is 0 Å². The van der Waals surface area contributed by atoms with Gasteiger partial charge < -0.3 is 15.6 Å². The fourth-order valence-corrected chi connectivity index (χ4v) is 1.72. The van der Waals surface area contributed by atoms with Crippen molar-refractivity contribution in [3.05, 3.63) is 11.5 Å².